The third-order valence-electron chi connectivity index (χ3n) is 8.16. The Morgan fingerprint density at radius 3 is 2.73 bits per heavy atom. The number of allylic oxidation sites excluding steroid dienone is 4. The maximum absolute atomic E-state index is 12.2. The first-order valence-electron chi connectivity index (χ1n) is 9.52. The van der Waals surface area contributed by atoms with E-state index in [-0.39, 0.29) is 41.7 Å². The van der Waals surface area contributed by atoms with Gasteiger partial charge in [0.1, 0.15) is 5.60 Å². The van der Waals surface area contributed by atoms with Crippen molar-refractivity contribution in [2.24, 2.45) is 28.6 Å². The fraction of sp³-hybridized carbons (Fsp3) is 0.667. The van der Waals surface area contributed by atoms with E-state index in [9.17, 15) is 24.6 Å². The van der Waals surface area contributed by atoms with E-state index in [1.165, 1.54) is 0 Å². The molecule has 4 aliphatic carbocycles. The number of hydrogen-bond donors (Lipinski definition) is 2. The van der Waals surface area contributed by atoms with Crippen molar-refractivity contribution >= 4 is 17.9 Å². The van der Waals surface area contributed by atoms with Gasteiger partial charge < -0.3 is 10.2 Å². The van der Waals surface area contributed by atoms with E-state index < -0.39 is 22.9 Å². The van der Waals surface area contributed by atoms with Gasteiger partial charge in [-0.2, -0.15) is 0 Å². The molecule has 0 aromatic heterocycles. The van der Waals surface area contributed by atoms with Crippen LogP contribution in [-0.4, -0.2) is 39.8 Å². The number of aliphatic hydroxyl groups is 2. The minimum Gasteiger partial charge on any atom is -0.393 e. The fourth-order valence-electron chi connectivity index (χ4n) is 6.83. The Labute approximate surface area is 153 Å². The summed E-state index contributed by atoms with van der Waals surface area (Å²) >= 11 is 0. The zero-order chi connectivity index (χ0) is 18.9. The summed E-state index contributed by atoms with van der Waals surface area (Å²) in [6.07, 6.45) is 7.62. The van der Waals surface area contributed by atoms with Crippen LogP contribution in [0.25, 0.3) is 0 Å². The minimum atomic E-state index is -1.68. The van der Waals surface area contributed by atoms with Crippen LogP contribution in [0.15, 0.2) is 23.8 Å². The van der Waals surface area contributed by atoms with Crippen LogP contribution >= 0.6 is 0 Å². The van der Waals surface area contributed by atoms with E-state index in [0.29, 0.717) is 12.8 Å². The molecule has 0 aromatic carbocycles. The summed E-state index contributed by atoms with van der Waals surface area (Å²) in [5.74, 6) is -0.582. The molecule has 7 atom stereocenters. The van der Waals surface area contributed by atoms with Gasteiger partial charge in [-0.25, -0.2) is 0 Å². The van der Waals surface area contributed by atoms with E-state index >= 15 is 0 Å². The largest absolute Gasteiger partial charge is 0.393 e. The summed E-state index contributed by atoms with van der Waals surface area (Å²) < 4.78 is 0. The lowest BCUT2D eigenvalue weighted by Crippen LogP contribution is -2.61. The van der Waals surface area contributed by atoms with Gasteiger partial charge in [-0.1, -0.05) is 25.5 Å². The molecule has 6 unspecified atom stereocenters. The van der Waals surface area contributed by atoms with Crippen LogP contribution in [0.3, 0.4) is 0 Å². The third-order valence-corrected chi connectivity index (χ3v) is 8.16. The van der Waals surface area contributed by atoms with Gasteiger partial charge in [-0.15, -0.1) is 0 Å². The molecule has 5 heteroatoms. The van der Waals surface area contributed by atoms with E-state index in [4.69, 9.17) is 0 Å². The fourth-order valence-corrected chi connectivity index (χ4v) is 6.83. The Morgan fingerprint density at radius 2 is 2.04 bits per heavy atom. The average molecular weight is 358 g/mol. The normalized spacial score (nSPS) is 49.7. The first-order chi connectivity index (χ1) is 12.2. The summed E-state index contributed by atoms with van der Waals surface area (Å²) in [4.78, 5) is 35.2. The van der Waals surface area contributed by atoms with Crippen molar-refractivity contribution in [1.29, 1.82) is 0 Å². The summed E-state index contributed by atoms with van der Waals surface area (Å²) in [7, 11) is 0. The summed E-state index contributed by atoms with van der Waals surface area (Å²) in [5, 5.41) is 22.2. The van der Waals surface area contributed by atoms with E-state index in [0.717, 1.165) is 18.4 Å². The molecule has 3 saturated carbocycles. The molecule has 5 nitrogen and oxygen atoms in total. The molecule has 0 aromatic rings. The van der Waals surface area contributed by atoms with E-state index in [1.807, 2.05) is 13.0 Å². The second-order valence-corrected chi connectivity index (χ2v) is 9.09. The molecular formula is C21H26O5. The highest BCUT2D eigenvalue weighted by Crippen LogP contribution is 2.66. The van der Waals surface area contributed by atoms with Gasteiger partial charge in [0.15, 0.2) is 12.1 Å². The smallest absolute Gasteiger partial charge is 0.227 e. The van der Waals surface area contributed by atoms with E-state index in [2.05, 4.69) is 6.92 Å². The van der Waals surface area contributed by atoms with Crippen LogP contribution in [0.4, 0.5) is 0 Å². The monoisotopic (exact) mass is 358 g/mol. The Kier molecular flexibility index (Phi) is 3.74. The van der Waals surface area contributed by atoms with Crippen LogP contribution in [-0.2, 0) is 14.4 Å². The molecule has 3 fully saturated rings. The number of rotatable bonds is 2. The molecule has 26 heavy (non-hydrogen) atoms. The average Bonchev–Trinajstić information content (AvgIpc) is 2.86. The molecule has 4 rings (SSSR count). The topological polar surface area (TPSA) is 91.7 Å². The van der Waals surface area contributed by atoms with Gasteiger partial charge in [0.05, 0.1) is 6.10 Å². The molecule has 140 valence electrons. The lowest BCUT2D eigenvalue weighted by molar-refractivity contribution is -0.176. The number of hydrogen-bond acceptors (Lipinski definition) is 5. The molecular weight excluding hydrogens is 332 g/mol. The lowest BCUT2D eigenvalue weighted by Gasteiger charge is -2.59. The molecule has 0 aliphatic heterocycles. The summed E-state index contributed by atoms with van der Waals surface area (Å²) in [6, 6.07) is 0. The SMILES string of the molecule is CC12C=CC(=O)C=C1CCC1C2C(O)CC2(C)C1CC[C@]2(O)C(=O)C=O. The van der Waals surface area contributed by atoms with Crippen LogP contribution in [0, 0.1) is 28.6 Å². The summed E-state index contributed by atoms with van der Waals surface area (Å²) in [6.45, 7) is 3.95. The molecule has 0 amide bonds. The predicted octanol–water partition coefficient (Wildman–Crippen LogP) is 1.76. The number of fused-ring (bicyclic) bond motifs is 5. The number of aliphatic hydroxyl groups excluding tert-OH is 1. The van der Waals surface area contributed by atoms with Crippen LogP contribution < -0.4 is 0 Å². The first kappa shape index (κ1) is 17.8. The molecule has 0 radical (unpaired) electrons. The predicted molar refractivity (Wildman–Crippen MR) is 94.0 cm³/mol. The van der Waals surface area contributed by atoms with Gasteiger partial charge >= 0.3 is 0 Å². The number of carbonyl (C=O) groups excluding carboxylic acids is 3. The second kappa shape index (κ2) is 5.46. The maximum atomic E-state index is 12.2. The summed E-state index contributed by atoms with van der Waals surface area (Å²) in [5.41, 5.74) is -1.77. The van der Waals surface area contributed by atoms with Crippen molar-refractivity contribution in [3.05, 3.63) is 23.8 Å². The minimum absolute atomic E-state index is 0.00196. The van der Waals surface area contributed by atoms with Crippen molar-refractivity contribution in [2.45, 2.75) is 57.7 Å². The van der Waals surface area contributed by atoms with Gasteiger partial charge in [0, 0.05) is 16.7 Å². The number of Topliss-reactive ketones (excluding diaryl/α,β-unsaturated/α-hetero) is 1. The molecule has 0 spiro atoms. The molecule has 0 heterocycles. The van der Waals surface area contributed by atoms with Crippen LogP contribution in [0.5, 0.6) is 0 Å². The Hall–Kier alpha value is -1.59. The number of carbonyl (C=O) groups is 3. The number of ketones is 2. The van der Waals surface area contributed by atoms with Crippen molar-refractivity contribution < 1.29 is 24.6 Å². The molecule has 0 bridgehead atoms. The van der Waals surface area contributed by atoms with Gasteiger partial charge in [0.25, 0.3) is 0 Å². The maximum Gasteiger partial charge on any atom is 0.227 e. The zero-order valence-electron chi connectivity index (χ0n) is 15.3. The lowest BCUT2D eigenvalue weighted by atomic mass is 9.46. The quantitative estimate of drug-likeness (QED) is 0.580. The molecule has 2 N–H and O–H groups in total. The van der Waals surface area contributed by atoms with Gasteiger partial charge in [-0.05, 0) is 56.1 Å². The molecule has 0 saturated heterocycles. The van der Waals surface area contributed by atoms with Gasteiger partial charge in [-0.3, -0.25) is 14.4 Å². The van der Waals surface area contributed by atoms with Crippen molar-refractivity contribution in [1.82, 2.24) is 0 Å². The zero-order valence-corrected chi connectivity index (χ0v) is 15.3. The standard InChI is InChI=1S/C21H26O5/c1-19-7-5-13(23)9-12(19)3-4-14-15-6-8-21(26,17(25)11-22)20(15,2)10-16(24)18(14)19/h5,7,9,11,14-16,18,24,26H,3-4,6,8,10H2,1-2H3/t14?,15?,16?,18?,19?,20?,21-/m0/s1. The Bertz CT molecular complexity index is 752. The molecule has 4 aliphatic rings. The highest BCUT2D eigenvalue weighted by Gasteiger charge is 2.68. The van der Waals surface area contributed by atoms with Crippen molar-refractivity contribution in [3.8, 4) is 0 Å². The van der Waals surface area contributed by atoms with Crippen LogP contribution in [0.1, 0.15) is 46.0 Å². The van der Waals surface area contributed by atoms with Crippen molar-refractivity contribution in [2.75, 3.05) is 0 Å². The second-order valence-electron chi connectivity index (χ2n) is 9.09. The highest BCUT2D eigenvalue weighted by molar-refractivity contribution is 6.29. The number of aldehydes is 1. The Morgan fingerprint density at radius 1 is 1.31 bits per heavy atom. The van der Waals surface area contributed by atoms with Crippen LogP contribution in [0.2, 0.25) is 0 Å². The van der Waals surface area contributed by atoms with Crippen molar-refractivity contribution in [3.63, 3.8) is 0 Å². The Balaban J connectivity index is 1.76. The first-order valence-corrected chi connectivity index (χ1v) is 9.52. The highest BCUT2D eigenvalue weighted by atomic mass is 16.3. The third kappa shape index (κ3) is 2.01. The van der Waals surface area contributed by atoms with Gasteiger partial charge in [0.2, 0.25) is 5.78 Å². The van der Waals surface area contributed by atoms with E-state index in [1.54, 1.807) is 12.2 Å².